The monoisotopic (exact) mass is 305 g/mol. The SMILES string of the molecule is CC1C(NC(=O)OCc2ccccc2)CCC(CO)C1(C)C. The van der Waals surface area contributed by atoms with Gasteiger partial charge in [-0.25, -0.2) is 4.79 Å². The van der Waals surface area contributed by atoms with E-state index in [9.17, 15) is 9.90 Å². The van der Waals surface area contributed by atoms with E-state index in [-0.39, 0.29) is 30.8 Å². The van der Waals surface area contributed by atoms with Crippen molar-refractivity contribution in [3.8, 4) is 0 Å². The second kappa shape index (κ2) is 7.14. The van der Waals surface area contributed by atoms with E-state index in [1.165, 1.54) is 0 Å². The molecule has 0 aromatic heterocycles. The number of aliphatic hydroxyl groups is 1. The minimum absolute atomic E-state index is 0.00434. The molecule has 1 aliphatic rings. The van der Waals surface area contributed by atoms with E-state index in [2.05, 4.69) is 26.1 Å². The highest BCUT2D eigenvalue weighted by Crippen LogP contribution is 2.44. The summed E-state index contributed by atoms with van der Waals surface area (Å²) >= 11 is 0. The predicted octanol–water partition coefficient (Wildman–Crippen LogP) is 3.35. The molecule has 4 nitrogen and oxygen atoms in total. The maximum absolute atomic E-state index is 12.0. The lowest BCUT2D eigenvalue weighted by Crippen LogP contribution is -2.51. The normalized spacial score (nSPS) is 27.2. The van der Waals surface area contributed by atoms with Gasteiger partial charge in [0.05, 0.1) is 0 Å². The molecule has 1 aromatic carbocycles. The second-order valence-corrected chi connectivity index (χ2v) is 6.88. The molecular weight excluding hydrogens is 278 g/mol. The summed E-state index contributed by atoms with van der Waals surface area (Å²) in [4.78, 5) is 12.0. The lowest BCUT2D eigenvalue weighted by molar-refractivity contribution is 0.00692. The lowest BCUT2D eigenvalue weighted by atomic mass is 9.61. The average molecular weight is 305 g/mol. The zero-order valence-electron chi connectivity index (χ0n) is 13.7. The Morgan fingerprint density at radius 2 is 2.00 bits per heavy atom. The Morgan fingerprint density at radius 3 is 2.64 bits per heavy atom. The Morgan fingerprint density at radius 1 is 1.32 bits per heavy atom. The molecule has 0 radical (unpaired) electrons. The number of amides is 1. The van der Waals surface area contributed by atoms with Crippen LogP contribution in [0.1, 0.15) is 39.2 Å². The van der Waals surface area contributed by atoms with Crippen molar-refractivity contribution in [2.45, 2.75) is 46.3 Å². The molecule has 1 aliphatic carbocycles. The van der Waals surface area contributed by atoms with Crippen molar-refractivity contribution in [2.24, 2.45) is 17.3 Å². The first-order valence-corrected chi connectivity index (χ1v) is 8.03. The van der Waals surface area contributed by atoms with Gasteiger partial charge in [-0.3, -0.25) is 0 Å². The Balaban J connectivity index is 1.86. The van der Waals surface area contributed by atoms with E-state index in [4.69, 9.17) is 4.74 Å². The van der Waals surface area contributed by atoms with Crippen LogP contribution in [0, 0.1) is 17.3 Å². The Bertz CT molecular complexity index is 486. The molecule has 2 N–H and O–H groups in total. The Kier molecular flexibility index (Phi) is 5.46. The van der Waals surface area contributed by atoms with Crippen LogP contribution in [-0.2, 0) is 11.3 Å². The molecule has 122 valence electrons. The summed E-state index contributed by atoms with van der Waals surface area (Å²) in [6.45, 7) is 6.98. The van der Waals surface area contributed by atoms with Gasteiger partial charge < -0.3 is 15.2 Å². The third-order valence-corrected chi connectivity index (χ3v) is 5.39. The van der Waals surface area contributed by atoms with Crippen molar-refractivity contribution in [3.63, 3.8) is 0 Å². The van der Waals surface area contributed by atoms with E-state index in [1.54, 1.807) is 0 Å². The van der Waals surface area contributed by atoms with Crippen LogP contribution in [0.4, 0.5) is 4.79 Å². The fourth-order valence-electron chi connectivity index (χ4n) is 3.33. The predicted molar refractivity (Wildman–Crippen MR) is 86.3 cm³/mol. The standard InChI is InChI=1S/C18H27NO3/c1-13-16(10-9-15(11-20)18(13,2)3)19-17(21)22-12-14-7-5-4-6-8-14/h4-8,13,15-16,20H,9-12H2,1-3H3,(H,19,21). The molecule has 1 aromatic rings. The summed E-state index contributed by atoms with van der Waals surface area (Å²) in [7, 11) is 0. The first kappa shape index (κ1) is 16.8. The maximum atomic E-state index is 12.0. The van der Waals surface area contributed by atoms with Gasteiger partial charge >= 0.3 is 6.09 Å². The van der Waals surface area contributed by atoms with Crippen molar-refractivity contribution < 1.29 is 14.6 Å². The van der Waals surface area contributed by atoms with Crippen molar-refractivity contribution in [2.75, 3.05) is 6.61 Å². The molecule has 0 bridgehead atoms. The third kappa shape index (κ3) is 3.80. The van der Waals surface area contributed by atoms with Gasteiger partial charge in [0, 0.05) is 12.6 Å². The number of benzene rings is 1. The number of carbonyl (C=O) groups excluding carboxylic acids is 1. The fourth-order valence-corrected chi connectivity index (χ4v) is 3.33. The average Bonchev–Trinajstić information content (AvgIpc) is 2.51. The van der Waals surface area contributed by atoms with Gasteiger partial charge in [0.2, 0.25) is 0 Å². The number of alkyl carbamates (subject to hydrolysis) is 1. The van der Waals surface area contributed by atoms with Gasteiger partial charge in [-0.15, -0.1) is 0 Å². The molecule has 1 fully saturated rings. The van der Waals surface area contributed by atoms with Crippen LogP contribution >= 0.6 is 0 Å². The molecule has 0 spiro atoms. The van der Waals surface area contributed by atoms with Gasteiger partial charge in [-0.1, -0.05) is 51.1 Å². The zero-order chi connectivity index (χ0) is 16.2. The summed E-state index contributed by atoms with van der Waals surface area (Å²) in [6.07, 6.45) is 1.45. The van der Waals surface area contributed by atoms with Crippen LogP contribution in [-0.4, -0.2) is 23.8 Å². The van der Waals surface area contributed by atoms with Gasteiger partial charge in [0.15, 0.2) is 0 Å². The lowest BCUT2D eigenvalue weighted by Gasteiger charge is -2.47. The highest BCUT2D eigenvalue weighted by molar-refractivity contribution is 5.67. The highest BCUT2D eigenvalue weighted by atomic mass is 16.5. The quantitative estimate of drug-likeness (QED) is 0.897. The first-order chi connectivity index (χ1) is 10.4. The number of aliphatic hydroxyl groups excluding tert-OH is 1. The molecule has 1 saturated carbocycles. The number of nitrogens with one attached hydrogen (secondary N) is 1. The van der Waals surface area contributed by atoms with Gasteiger partial charge in [-0.2, -0.15) is 0 Å². The van der Waals surface area contributed by atoms with Crippen LogP contribution in [0.2, 0.25) is 0 Å². The molecule has 4 heteroatoms. The summed E-state index contributed by atoms with van der Waals surface area (Å²) in [5, 5.41) is 12.5. The molecule has 1 amide bonds. The van der Waals surface area contributed by atoms with Crippen molar-refractivity contribution in [1.82, 2.24) is 5.32 Å². The molecule has 2 rings (SSSR count). The maximum Gasteiger partial charge on any atom is 0.407 e. The fraction of sp³-hybridized carbons (Fsp3) is 0.611. The molecular formula is C18H27NO3. The van der Waals surface area contributed by atoms with E-state index in [1.807, 2.05) is 30.3 Å². The topological polar surface area (TPSA) is 58.6 Å². The van der Waals surface area contributed by atoms with Crippen molar-refractivity contribution >= 4 is 6.09 Å². The number of ether oxygens (including phenoxy) is 1. The van der Waals surface area contributed by atoms with Gasteiger partial charge in [-0.05, 0) is 35.7 Å². The third-order valence-electron chi connectivity index (χ3n) is 5.39. The Labute approximate surface area is 132 Å². The highest BCUT2D eigenvalue weighted by Gasteiger charge is 2.43. The molecule has 3 atom stereocenters. The number of hydrogen-bond acceptors (Lipinski definition) is 3. The molecule has 3 unspecified atom stereocenters. The Hall–Kier alpha value is -1.55. The summed E-state index contributed by atoms with van der Waals surface area (Å²) in [5.74, 6) is 0.587. The molecule has 22 heavy (non-hydrogen) atoms. The zero-order valence-corrected chi connectivity index (χ0v) is 13.7. The number of rotatable bonds is 4. The van der Waals surface area contributed by atoms with Crippen LogP contribution in [0.3, 0.4) is 0 Å². The summed E-state index contributed by atoms with van der Waals surface area (Å²) in [5.41, 5.74) is 0.986. The van der Waals surface area contributed by atoms with E-state index < -0.39 is 0 Å². The van der Waals surface area contributed by atoms with Crippen LogP contribution in [0.5, 0.6) is 0 Å². The van der Waals surface area contributed by atoms with Gasteiger partial charge in [0.1, 0.15) is 6.61 Å². The van der Waals surface area contributed by atoms with E-state index in [0.29, 0.717) is 11.8 Å². The smallest absolute Gasteiger partial charge is 0.407 e. The van der Waals surface area contributed by atoms with Gasteiger partial charge in [0.25, 0.3) is 0 Å². The number of hydrogen-bond donors (Lipinski definition) is 2. The first-order valence-electron chi connectivity index (χ1n) is 8.03. The number of carbonyl (C=O) groups is 1. The summed E-state index contributed by atoms with van der Waals surface area (Å²) < 4.78 is 5.30. The van der Waals surface area contributed by atoms with Crippen LogP contribution in [0.15, 0.2) is 30.3 Å². The minimum Gasteiger partial charge on any atom is -0.445 e. The van der Waals surface area contributed by atoms with E-state index >= 15 is 0 Å². The summed E-state index contributed by atoms with van der Waals surface area (Å²) in [6, 6.07) is 9.76. The molecule has 0 aliphatic heterocycles. The minimum atomic E-state index is -0.362. The van der Waals surface area contributed by atoms with E-state index in [0.717, 1.165) is 18.4 Å². The van der Waals surface area contributed by atoms with Crippen LogP contribution < -0.4 is 5.32 Å². The molecule has 0 saturated heterocycles. The van der Waals surface area contributed by atoms with Crippen LogP contribution in [0.25, 0.3) is 0 Å². The molecule has 0 heterocycles. The largest absolute Gasteiger partial charge is 0.445 e. The second-order valence-electron chi connectivity index (χ2n) is 6.88. The van der Waals surface area contributed by atoms with Crippen molar-refractivity contribution in [3.05, 3.63) is 35.9 Å². The van der Waals surface area contributed by atoms with Crippen molar-refractivity contribution in [1.29, 1.82) is 0 Å².